The van der Waals surface area contributed by atoms with Gasteiger partial charge in [-0.15, -0.1) is 20.4 Å². The summed E-state index contributed by atoms with van der Waals surface area (Å²) in [5.74, 6) is 2.99. The molecule has 1 fully saturated rings. The van der Waals surface area contributed by atoms with Gasteiger partial charge in [-0.1, -0.05) is 18.2 Å². The first-order valence-corrected chi connectivity index (χ1v) is 8.83. The van der Waals surface area contributed by atoms with Gasteiger partial charge in [0.25, 0.3) is 0 Å². The van der Waals surface area contributed by atoms with E-state index in [1.165, 1.54) is 0 Å². The molecule has 3 aromatic rings. The normalized spacial score (nSPS) is 18.3. The number of aromatic nitrogens is 5. The van der Waals surface area contributed by atoms with E-state index in [0.717, 1.165) is 37.3 Å². The quantitative estimate of drug-likeness (QED) is 0.746. The van der Waals surface area contributed by atoms with Gasteiger partial charge in [-0.3, -0.25) is 4.90 Å². The van der Waals surface area contributed by atoms with E-state index in [2.05, 4.69) is 25.3 Å². The van der Waals surface area contributed by atoms with Gasteiger partial charge in [0.05, 0.1) is 6.54 Å². The Balaban J connectivity index is 1.44. The molecule has 1 atom stereocenters. The second kappa shape index (κ2) is 7.35. The van der Waals surface area contributed by atoms with Crippen LogP contribution in [0.25, 0.3) is 11.5 Å². The summed E-state index contributed by atoms with van der Waals surface area (Å²) in [6.45, 7) is 2.38. The van der Waals surface area contributed by atoms with Crippen molar-refractivity contribution in [2.24, 2.45) is 7.05 Å². The summed E-state index contributed by atoms with van der Waals surface area (Å²) in [6, 6.07) is 9.79. The van der Waals surface area contributed by atoms with Gasteiger partial charge in [-0.25, -0.2) is 0 Å². The Morgan fingerprint density at radius 2 is 2.00 bits per heavy atom. The van der Waals surface area contributed by atoms with Crippen LogP contribution < -0.4 is 0 Å². The van der Waals surface area contributed by atoms with Gasteiger partial charge >= 0.3 is 0 Å². The van der Waals surface area contributed by atoms with Gasteiger partial charge < -0.3 is 14.1 Å². The van der Waals surface area contributed by atoms with Crippen molar-refractivity contribution in [1.82, 2.24) is 29.9 Å². The highest BCUT2D eigenvalue weighted by Crippen LogP contribution is 2.27. The highest BCUT2D eigenvalue weighted by Gasteiger charge is 2.26. The summed E-state index contributed by atoms with van der Waals surface area (Å²) in [4.78, 5) is 2.31. The summed E-state index contributed by atoms with van der Waals surface area (Å²) in [7, 11) is 1.91. The van der Waals surface area contributed by atoms with Crippen molar-refractivity contribution in [3.05, 3.63) is 47.9 Å². The lowest BCUT2D eigenvalue weighted by Gasteiger charge is -2.31. The van der Waals surface area contributed by atoms with E-state index in [1.807, 2.05) is 41.9 Å². The average Bonchev–Trinajstić information content (AvgIpc) is 3.29. The van der Waals surface area contributed by atoms with Crippen LogP contribution in [0.15, 0.2) is 34.7 Å². The predicted molar refractivity (Wildman–Crippen MR) is 93.9 cm³/mol. The standard InChI is InChI=1S/C18H22N6O2/c1-23-15(12-25)19-21-17(23)14-8-5-9-24(10-14)11-16-20-22-18(26-16)13-6-3-2-4-7-13/h2-4,6-7,14,25H,5,8-12H2,1H3/t14-/m0/s1. The van der Waals surface area contributed by atoms with Crippen LogP contribution in [-0.4, -0.2) is 48.1 Å². The molecule has 0 spiro atoms. The molecule has 0 unspecified atom stereocenters. The molecule has 0 bridgehead atoms. The Bertz CT molecular complexity index is 860. The molecule has 1 saturated heterocycles. The molecule has 2 aromatic heterocycles. The molecule has 1 aliphatic heterocycles. The minimum Gasteiger partial charge on any atom is -0.419 e. The molecule has 4 rings (SSSR count). The van der Waals surface area contributed by atoms with E-state index in [0.29, 0.717) is 24.2 Å². The highest BCUT2D eigenvalue weighted by atomic mass is 16.4. The Kier molecular flexibility index (Phi) is 4.77. The molecule has 3 heterocycles. The van der Waals surface area contributed by atoms with Crippen LogP contribution >= 0.6 is 0 Å². The van der Waals surface area contributed by atoms with Crippen molar-refractivity contribution in [2.75, 3.05) is 13.1 Å². The minimum absolute atomic E-state index is 0.0931. The summed E-state index contributed by atoms with van der Waals surface area (Å²) >= 11 is 0. The summed E-state index contributed by atoms with van der Waals surface area (Å²) < 4.78 is 7.73. The summed E-state index contributed by atoms with van der Waals surface area (Å²) in [5, 5.41) is 26.0. The Labute approximate surface area is 151 Å². The maximum Gasteiger partial charge on any atom is 0.247 e. The first-order chi connectivity index (χ1) is 12.7. The topological polar surface area (TPSA) is 93.1 Å². The molecule has 8 heteroatoms. The predicted octanol–water partition coefficient (Wildman–Crippen LogP) is 1.74. The smallest absolute Gasteiger partial charge is 0.247 e. The number of piperidine rings is 1. The van der Waals surface area contributed by atoms with Crippen molar-refractivity contribution < 1.29 is 9.52 Å². The van der Waals surface area contributed by atoms with E-state index in [9.17, 15) is 5.11 Å². The molecule has 0 amide bonds. The fourth-order valence-electron chi connectivity index (χ4n) is 3.48. The van der Waals surface area contributed by atoms with Gasteiger partial charge in [0.1, 0.15) is 12.4 Å². The van der Waals surface area contributed by atoms with Gasteiger partial charge in [0, 0.05) is 25.1 Å². The summed E-state index contributed by atoms with van der Waals surface area (Å²) in [6.07, 6.45) is 2.14. The van der Waals surface area contributed by atoms with Crippen LogP contribution in [0.1, 0.15) is 36.3 Å². The van der Waals surface area contributed by atoms with Gasteiger partial charge in [-0.2, -0.15) is 0 Å². The van der Waals surface area contributed by atoms with Crippen LogP contribution in [0, 0.1) is 0 Å². The van der Waals surface area contributed by atoms with Crippen molar-refractivity contribution >= 4 is 0 Å². The van der Waals surface area contributed by atoms with Crippen molar-refractivity contribution in [3.8, 4) is 11.5 Å². The zero-order valence-electron chi connectivity index (χ0n) is 14.7. The number of benzene rings is 1. The van der Waals surface area contributed by atoms with Gasteiger partial charge in [0.2, 0.25) is 11.8 Å². The number of hydrogen-bond acceptors (Lipinski definition) is 7. The third-order valence-corrected chi connectivity index (χ3v) is 4.86. The fraction of sp³-hybridized carbons (Fsp3) is 0.444. The van der Waals surface area contributed by atoms with Crippen molar-refractivity contribution in [3.63, 3.8) is 0 Å². The molecule has 1 N–H and O–H groups in total. The van der Waals surface area contributed by atoms with Crippen LogP contribution in [0.5, 0.6) is 0 Å². The van der Waals surface area contributed by atoms with Crippen LogP contribution in [0.3, 0.4) is 0 Å². The third kappa shape index (κ3) is 3.38. The van der Waals surface area contributed by atoms with E-state index in [-0.39, 0.29) is 12.5 Å². The Hall–Kier alpha value is -2.58. The van der Waals surface area contributed by atoms with Gasteiger partial charge in [-0.05, 0) is 31.5 Å². The number of hydrogen-bond donors (Lipinski definition) is 1. The lowest BCUT2D eigenvalue weighted by atomic mass is 9.97. The molecule has 8 nitrogen and oxygen atoms in total. The number of nitrogens with zero attached hydrogens (tertiary/aromatic N) is 6. The van der Waals surface area contributed by atoms with E-state index < -0.39 is 0 Å². The Morgan fingerprint density at radius 3 is 2.77 bits per heavy atom. The van der Waals surface area contributed by atoms with Crippen LogP contribution in [-0.2, 0) is 20.2 Å². The number of aliphatic hydroxyl groups is 1. The molecule has 26 heavy (non-hydrogen) atoms. The summed E-state index contributed by atoms with van der Waals surface area (Å²) in [5.41, 5.74) is 0.929. The molecule has 136 valence electrons. The lowest BCUT2D eigenvalue weighted by Crippen LogP contribution is -2.35. The number of likely N-dealkylation sites (tertiary alicyclic amines) is 1. The third-order valence-electron chi connectivity index (χ3n) is 4.86. The Morgan fingerprint density at radius 1 is 1.15 bits per heavy atom. The second-order valence-corrected chi connectivity index (χ2v) is 6.63. The van der Waals surface area contributed by atoms with Gasteiger partial charge in [0.15, 0.2) is 5.82 Å². The lowest BCUT2D eigenvalue weighted by molar-refractivity contribution is 0.179. The second-order valence-electron chi connectivity index (χ2n) is 6.63. The zero-order valence-corrected chi connectivity index (χ0v) is 14.7. The van der Waals surface area contributed by atoms with E-state index >= 15 is 0 Å². The average molecular weight is 354 g/mol. The molecular formula is C18H22N6O2. The van der Waals surface area contributed by atoms with E-state index in [4.69, 9.17) is 4.42 Å². The van der Waals surface area contributed by atoms with Crippen LogP contribution in [0.2, 0.25) is 0 Å². The number of aliphatic hydroxyl groups excluding tert-OH is 1. The van der Waals surface area contributed by atoms with Crippen LogP contribution in [0.4, 0.5) is 0 Å². The largest absolute Gasteiger partial charge is 0.419 e. The zero-order chi connectivity index (χ0) is 17.9. The molecule has 1 aromatic carbocycles. The molecular weight excluding hydrogens is 332 g/mol. The molecule has 0 saturated carbocycles. The highest BCUT2D eigenvalue weighted by molar-refractivity contribution is 5.51. The maximum absolute atomic E-state index is 9.31. The molecule has 1 aliphatic rings. The van der Waals surface area contributed by atoms with Crippen molar-refractivity contribution in [2.45, 2.75) is 31.9 Å². The van der Waals surface area contributed by atoms with E-state index in [1.54, 1.807) is 0 Å². The number of rotatable bonds is 5. The van der Waals surface area contributed by atoms with Crippen molar-refractivity contribution in [1.29, 1.82) is 0 Å². The monoisotopic (exact) mass is 354 g/mol. The first-order valence-electron chi connectivity index (χ1n) is 8.83. The SMILES string of the molecule is Cn1c(CO)nnc1[C@H]1CCCN(Cc2nnc(-c3ccccc3)o2)C1. The molecule has 0 radical (unpaired) electrons. The molecule has 0 aliphatic carbocycles. The maximum atomic E-state index is 9.31. The minimum atomic E-state index is -0.0931. The first kappa shape index (κ1) is 16.9. The fourth-order valence-corrected chi connectivity index (χ4v) is 3.48.